The minimum absolute atomic E-state index is 0.00407. The van der Waals surface area contributed by atoms with E-state index < -0.39 is 10.8 Å². The molecule has 0 radical (unpaired) electrons. The van der Waals surface area contributed by atoms with E-state index in [0.717, 1.165) is 6.07 Å². The molecule has 0 bridgehead atoms. The average Bonchev–Trinajstić information content (AvgIpc) is 2.09. The molecular weight excluding hydrogens is 200 g/mol. The molecule has 6 nitrogen and oxygen atoms in total. The Kier molecular flexibility index (Phi) is 2.89. The van der Waals surface area contributed by atoms with Gasteiger partial charge >= 0.3 is 0 Å². The number of nitrogens with one attached hydrogen (secondary N) is 1. The highest BCUT2D eigenvalue weighted by Gasteiger charge is 2.17. The monoisotopic (exact) mass is 210 g/mol. The number of carbonyl (C=O) groups excluding carboxylic acids is 1. The van der Waals surface area contributed by atoms with Crippen molar-refractivity contribution in [3.63, 3.8) is 0 Å². The minimum atomic E-state index is -0.613. The first-order chi connectivity index (χ1) is 6.91. The molecule has 0 spiro atoms. The number of nitrogens with zero attached hydrogens (tertiary/aromatic N) is 1. The quantitative estimate of drug-likeness (QED) is 0.572. The summed E-state index contributed by atoms with van der Waals surface area (Å²) in [7, 11) is 0. The highest BCUT2D eigenvalue weighted by molar-refractivity contribution is 5.91. The molecule has 0 aromatic heterocycles. The Bertz CT molecular complexity index is 428. The van der Waals surface area contributed by atoms with Crippen LogP contribution in [0.15, 0.2) is 12.1 Å². The summed E-state index contributed by atoms with van der Waals surface area (Å²) in [6.07, 6.45) is 0. The molecule has 0 atom stereocenters. The fourth-order valence-corrected chi connectivity index (χ4v) is 1.12. The van der Waals surface area contributed by atoms with Crippen LogP contribution in [0, 0.1) is 17.0 Å². The number of hydrogen-bond donors (Lipinski definition) is 2. The van der Waals surface area contributed by atoms with Crippen LogP contribution in [0.25, 0.3) is 0 Å². The lowest BCUT2D eigenvalue weighted by Gasteiger charge is -2.05. The Morgan fingerprint density at radius 2 is 2.13 bits per heavy atom. The van der Waals surface area contributed by atoms with E-state index in [-0.39, 0.29) is 17.1 Å². The Balaban J connectivity index is 3.28. The zero-order valence-electron chi connectivity index (χ0n) is 8.27. The number of aryl methyl sites for hydroxylation is 1. The second kappa shape index (κ2) is 3.95. The molecule has 80 valence electrons. The Labute approximate surface area is 85.7 Å². The van der Waals surface area contributed by atoms with Crippen LogP contribution < -0.4 is 5.32 Å². The molecule has 0 fully saturated rings. The van der Waals surface area contributed by atoms with Crippen molar-refractivity contribution < 1.29 is 14.8 Å². The summed E-state index contributed by atoms with van der Waals surface area (Å²) in [5.74, 6) is -0.522. The largest absolute Gasteiger partial charge is 0.508 e. The van der Waals surface area contributed by atoms with Gasteiger partial charge in [-0.15, -0.1) is 0 Å². The van der Waals surface area contributed by atoms with Gasteiger partial charge in [0.1, 0.15) is 11.4 Å². The van der Waals surface area contributed by atoms with Crippen LogP contribution in [0.1, 0.15) is 12.5 Å². The summed E-state index contributed by atoms with van der Waals surface area (Å²) < 4.78 is 0. The van der Waals surface area contributed by atoms with Crippen molar-refractivity contribution in [1.82, 2.24) is 0 Å². The third-order valence-corrected chi connectivity index (χ3v) is 1.82. The van der Waals surface area contributed by atoms with Gasteiger partial charge in [-0.05, 0) is 12.5 Å². The maximum Gasteiger partial charge on any atom is 0.293 e. The van der Waals surface area contributed by atoms with Crippen LogP contribution in [-0.4, -0.2) is 15.9 Å². The highest BCUT2D eigenvalue weighted by Crippen LogP contribution is 2.31. The van der Waals surface area contributed by atoms with E-state index in [1.54, 1.807) is 6.92 Å². The van der Waals surface area contributed by atoms with Crippen molar-refractivity contribution in [3.8, 4) is 5.75 Å². The number of phenolic OH excluding ortho intramolecular Hbond substituents is 1. The molecule has 0 unspecified atom stereocenters. The number of hydrogen-bond acceptors (Lipinski definition) is 4. The van der Waals surface area contributed by atoms with Crippen molar-refractivity contribution in [2.75, 3.05) is 5.32 Å². The second-order valence-corrected chi connectivity index (χ2v) is 3.09. The van der Waals surface area contributed by atoms with Crippen molar-refractivity contribution in [1.29, 1.82) is 0 Å². The first kappa shape index (κ1) is 11.0. The highest BCUT2D eigenvalue weighted by atomic mass is 16.6. The smallest absolute Gasteiger partial charge is 0.293 e. The number of amides is 1. The normalized spacial score (nSPS) is 9.73. The van der Waals surface area contributed by atoms with Gasteiger partial charge in [-0.1, -0.05) is 0 Å². The van der Waals surface area contributed by atoms with E-state index in [1.807, 2.05) is 0 Å². The molecule has 1 aromatic rings. The molecule has 0 aliphatic rings. The third-order valence-electron chi connectivity index (χ3n) is 1.82. The number of carbonyl (C=O) groups is 1. The molecule has 0 aliphatic carbocycles. The standard InChI is InChI=1S/C9H10N2O4/c1-5-3-8(11(14)15)7(4-9(5)13)10-6(2)12/h3-4,13H,1-2H3,(H,10,12). The van der Waals surface area contributed by atoms with E-state index in [0.29, 0.717) is 5.56 Å². The van der Waals surface area contributed by atoms with Gasteiger partial charge in [0, 0.05) is 19.1 Å². The van der Waals surface area contributed by atoms with Gasteiger partial charge in [-0.3, -0.25) is 14.9 Å². The van der Waals surface area contributed by atoms with E-state index in [9.17, 15) is 20.0 Å². The lowest BCUT2D eigenvalue weighted by molar-refractivity contribution is -0.384. The molecule has 0 aliphatic heterocycles. The van der Waals surface area contributed by atoms with E-state index in [1.165, 1.54) is 13.0 Å². The Morgan fingerprint density at radius 3 is 2.60 bits per heavy atom. The number of benzene rings is 1. The topological polar surface area (TPSA) is 92.5 Å². The minimum Gasteiger partial charge on any atom is -0.508 e. The fraction of sp³-hybridized carbons (Fsp3) is 0.222. The maximum absolute atomic E-state index is 10.8. The molecule has 2 N–H and O–H groups in total. The van der Waals surface area contributed by atoms with Crippen LogP contribution in [0.2, 0.25) is 0 Å². The summed E-state index contributed by atoms with van der Waals surface area (Å²) in [5.41, 5.74) is 0.145. The number of rotatable bonds is 2. The van der Waals surface area contributed by atoms with Crippen molar-refractivity contribution in [2.24, 2.45) is 0 Å². The summed E-state index contributed by atoms with van der Waals surface area (Å²) in [5, 5.41) is 22.3. The third kappa shape index (κ3) is 2.43. The van der Waals surface area contributed by atoms with Gasteiger partial charge in [0.2, 0.25) is 5.91 Å². The van der Waals surface area contributed by atoms with Crippen molar-refractivity contribution in [2.45, 2.75) is 13.8 Å². The van der Waals surface area contributed by atoms with Gasteiger partial charge < -0.3 is 10.4 Å². The van der Waals surface area contributed by atoms with Crippen LogP contribution in [0.5, 0.6) is 5.75 Å². The van der Waals surface area contributed by atoms with E-state index >= 15 is 0 Å². The number of nitro groups is 1. The van der Waals surface area contributed by atoms with Gasteiger partial charge in [0.25, 0.3) is 5.69 Å². The van der Waals surface area contributed by atoms with E-state index in [4.69, 9.17) is 0 Å². The maximum atomic E-state index is 10.8. The van der Waals surface area contributed by atoms with Crippen LogP contribution in [0.4, 0.5) is 11.4 Å². The number of aromatic hydroxyl groups is 1. The summed E-state index contributed by atoms with van der Waals surface area (Å²) in [4.78, 5) is 20.8. The van der Waals surface area contributed by atoms with Crippen molar-refractivity contribution >= 4 is 17.3 Å². The zero-order valence-corrected chi connectivity index (χ0v) is 8.27. The van der Waals surface area contributed by atoms with Gasteiger partial charge in [-0.2, -0.15) is 0 Å². The molecule has 0 heterocycles. The lowest BCUT2D eigenvalue weighted by atomic mass is 10.1. The molecule has 1 aromatic carbocycles. The van der Waals surface area contributed by atoms with Gasteiger partial charge in [-0.25, -0.2) is 0 Å². The lowest BCUT2D eigenvalue weighted by Crippen LogP contribution is -2.08. The number of nitro benzene ring substituents is 1. The average molecular weight is 210 g/mol. The van der Waals surface area contributed by atoms with E-state index in [2.05, 4.69) is 5.32 Å². The number of anilines is 1. The summed E-state index contributed by atoms with van der Waals surface area (Å²) >= 11 is 0. The van der Waals surface area contributed by atoms with Gasteiger partial charge in [0.15, 0.2) is 0 Å². The molecule has 15 heavy (non-hydrogen) atoms. The predicted molar refractivity (Wildman–Crippen MR) is 53.8 cm³/mol. The molecule has 0 saturated carbocycles. The summed E-state index contributed by atoms with van der Waals surface area (Å²) in [6, 6.07) is 2.37. The Hall–Kier alpha value is -2.11. The molecule has 6 heteroatoms. The van der Waals surface area contributed by atoms with Crippen LogP contribution in [-0.2, 0) is 4.79 Å². The van der Waals surface area contributed by atoms with Crippen molar-refractivity contribution in [3.05, 3.63) is 27.8 Å². The second-order valence-electron chi connectivity index (χ2n) is 3.09. The molecule has 1 rings (SSSR count). The fourth-order valence-electron chi connectivity index (χ4n) is 1.12. The zero-order chi connectivity index (χ0) is 11.6. The number of phenols is 1. The van der Waals surface area contributed by atoms with Crippen LogP contribution >= 0.6 is 0 Å². The first-order valence-electron chi connectivity index (χ1n) is 4.17. The molecular formula is C9H10N2O4. The predicted octanol–water partition coefficient (Wildman–Crippen LogP) is 1.57. The van der Waals surface area contributed by atoms with Gasteiger partial charge in [0.05, 0.1) is 4.92 Å². The molecule has 1 amide bonds. The summed E-state index contributed by atoms with van der Waals surface area (Å²) in [6.45, 7) is 2.78. The SMILES string of the molecule is CC(=O)Nc1cc(O)c(C)cc1[N+](=O)[O-]. The Morgan fingerprint density at radius 1 is 1.53 bits per heavy atom. The van der Waals surface area contributed by atoms with Crippen LogP contribution in [0.3, 0.4) is 0 Å². The molecule has 0 saturated heterocycles. The first-order valence-corrected chi connectivity index (χ1v) is 4.17.